The first-order valence-electron chi connectivity index (χ1n) is 6.71. The van der Waals surface area contributed by atoms with Gasteiger partial charge in [0.1, 0.15) is 0 Å². The Labute approximate surface area is 130 Å². The lowest BCUT2D eigenvalue weighted by Gasteiger charge is -2.12. The molecular weight excluding hydrogens is 286 g/mol. The molecule has 3 rings (SSSR count). The van der Waals surface area contributed by atoms with Crippen LogP contribution in [0.2, 0.25) is 0 Å². The molecule has 0 bridgehead atoms. The molecule has 1 atom stereocenters. The van der Waals surface area contributed by atoms with Crippen LogP contribution in [0.15, 0.2) is 47.0 Å². The van der Waals surface area contributed by atoms with Crippen LogP contribution in [0.1, 0.15) is 23.3 Å². The quantitative estimate of drug-likeness (QED) is 0.802. The number of hydrogen-bond acceptors (Lipinski definition) is 4. The fourth-order valence-corrected chi connectivity index (χ4v) is 2.37. The van der Waals surface area contributed by atoms with Crippen LogP contribution >= 0.6 is 12.4 Å². The van der Waals surface area contributed by atoms with Crippen LogP contribution in [0.3, 0.4) is 0 Å². The molecule has 110 valence electrons. The number of aryl methyl sites for hydroxylation is 1. The number of aromatic nitrogens is 2. The molecule has 0 spiro atoms. The van der Waals surface area contributed by atoms with Crippen LogP contribution in [0.5, 0.6) is 0 Å². The molecule has 4 nitrogen and oxygen atoms in total. The van der Waals surface area contributed by atoms with Gasteiger partial charge in [-0.3, -0.25) is 0 Å². The van der Waals surface area contributed by atoms with Crippen molar-refractivity contribution in [1.29, 1.82) is 0 Å². The number of likely N-dealkylation sites (N-methyl/N-ethyl adjacent to an activating group) is 1. The Kier molecular flexibility index (Phi) is 4.94. The lowest BCUT2D eigenvalue weighted by atomic mass is 10.0. The largest absolute Gasteiger partial charge is 0.338 e. The van der Waals surface area contributed by atoms with Gasteiger partial charge in [0, 0.05) is 0 Å². The third kappa shape index (κ3) is 3.40. The average Bonchev–Trinajstić information content (AvgIpc) is 2.91. The summed E-state index contributed by atoms with van der Waals surface area (Å²) < 4.78 is 5.25. The average molecular weight is 304 g/mol. The second-order valence-electron chi connectivity index (χ2n) is 4.91. The van der Waals surface area contributed by atoms with E-state index in [0.717, 1.165) is 6.42 Å². The molecule has 0 saturated carbocycles. The van der Waals surface area contributed by atoms with Crippen molar-refractivity contribution >= 4 is 23.2 Å². The van der Waals surface area contributed by atoms with Gasteiger partial charge in [0.25, 0.3) is 0 Å². The summed E-state index contributed by atoms with van der Waals surface area (Å²) in [5.74, 6) is 1.30. The van der Waals surface area contributed by atoms with Gasteiger partial charge in [-0.1, -0.05) is 47.6 Å². The van der Waals surface area contributed by atoms with Crippen LogP contribution in [0.4, 0.5) is 0 Å². The maximum Gasteiger partial charge on any atom is 0.244 e. The summed E-state index contributed by atoms with van der Waals surface area (Å²) in [5.41, 5.74) is 1.25. The van der Waals surface area contributed by atoms with E-state index in [2.05, 4.69) is 57.9 Å². The Balaban J connectivity index is 0.00000161. The van der Waals surface area contributed by atoms with E-state index in [1.54, 1.807) is 0 Å². The summed E-state index contributed by atoms with van der Waals surface area (Å²) in [6.07, 6.45) is 0.822. The van der Waals surface area contributed by atoms with E-state index in [9.17, 15) is 0 Å². The molecule has 0 radical (unpaired) electrons. The molecule has 0 aliphatic rings. The number of hydrogen-bond donors (Lipinski definition) is 1. The van der Waals surface area contributed by atoms with Gasteiger partial charge < -0.3 is 9.84 Å². The number of rotatable bonds is 4. The summed E-state index contributed by atoms with van der Waals surface area (Å²) in [5, 5.41) is 9.59. The third-order valence-corrected chi connectivity index (χ3v) is 3.44. The minimum Gasteiger partial charge on any atom is -0.338 e. The Morgan fingerprint density at radius 3 is 2.57 bits per heavy atom. The van der Waals surface area contributed by atoms with Crippen LogP contribution in [0, 0.1) is 6.92 Å². The molecule has 0 saturated heterocycles. The Bertz CT molecular complexity index is 726. The van der Waals surface area contributed by atoms with Crippen LogP contribution in [0.25, 0.3) is 10.8 Å². The first-order chi connectivity index (χ1) is 9.76. The predicted molar refractivity (Wildman–Crippen MR) is 85.7 cm³/mol. The second kappa shape index (κ2) is 6.70. The molecule has 1 aromatic heterocycles. The molecule has 0 aliphatic heterocycles. The molecule has 0 fully saturated rings. The van der Waals surface area contributed by atoms with Gasteiger partial charge in [-0.25, -0.2) is 0 Å². The first kappa shape index (κ1) is 15.5. The number of fused-ring (bicyclic) bond motifs is 1. The number of benzene rings is 2. The van der Waals surface area contributed by atoms with Crippen LogP contribution in [-0.4, -0.2) is 17.2 Å². The predicted octanol–water partition coefficient (Wildman–Crippen LogP) is 3.46. The van der Waals surface area contributed by atoms with Gasteiger partial charge in [-0.2, -0.15) is 4.98 Å². The normalized spacial score (nSPS) is 12.1. The van der Waals surface area contributed by atoms with Crippen molar-refractivity contribution in [1.82, 2.24) is 15.5 Å². The van der Waals surface area contributed by atoms with Crippen molar-refractivity contribution in [2.45, 2.75) is 19.4 Å². The highest BCUT2D eigenvalue weighted by Crippen LogP contribution is 2.20. The van der Waals surface area contributed by atoms with Crippen molar-refractivity contribution < 1.29 is 4.52 Å². The zero-order valence-electron chi connectivity index (χ0n) is 12.0. The first-order valence-corrected chi connectivity index (χ1v) is 6.71. The van der Waals surface area contributed by atoms with E-state index >= 15 is 0 Å². The highest BCUT2D eigenvalue weighted by molar-refractivity contribution is 5.85. The summed E-state index contributed by atoms with van der Waals surface area (Å²) in [6, 6.07) is 14.9. The van der Waals surface area contributed by atoms with Crippen molar-refractivity contribution in [3.05, 3.63) is 59.7 Å². The fraction of sp³-hybridized carbons (Fsp3) is 0.250. The Morgan fingerprint density at radius 2 is 1.90 bits per heavy atom. The molecular formula is C16H18ClN3O. The molecule has 21 heavy (non-hydrogen) atoms. The van der Waals surface area contributed by atoms with Crippen molar-refractivity contribution in [3.8, 4) is 0 Å². The fourth-order valence-electron chi connectivity index (χ4n) is 2.37. The van der Waals surface area contributed by atoms with Crippen LogP contribution < -0.4 is 5.32 Å². The maximum absolute atomic E-state index is 5.25. The minimum atomic E-state index is 0. The number of nitrogens with one attached hydrogen (secondary N) is 1. The molecule has 3 aromatic rings. The lowest BCUT2D eigenvalue weighted by molar-refractivity contribution is 0.335. The van der Waals surface area contributed by atoms with Gasteiger partial charge in [0.05, 0.1) is 6.04 Å². The SMILES string of the molecule is CNC(Cc1ccc2ccccc2c1)c1nc(C)no1.Cl. The van der Waals surface area contributed by atoms with E-state index in [4.69, 9.17) is 4.52 Å². The topological polar surface area (TPSA) is 51.0 Å². The zero-order valence-corrected chi connectivity index (χ0v) is 12.9. The standard InChI is InChI=1S/C16H17N3O.ClH/c1-11-18-16(20-19-11)15(17-2)10-12-7-8-13-5-3-4-6-14(13)9-12;/h3-9,15,17H,10H2,1-2H3;1H. The number of halogens is 1. The summed E-state index contributed by atoms with van der Waals surface area (Å²) in [6.45, 7) is 1.83. The third-order valence-electron chi connectivity index (χ3n) is 3.44. The summed E-state index contributed by atoms with van der Waals surface area (Å²) >= 11 is 0. The van der Waals surface area contributed by atoms with E-state index in [1.165, 1.54) is 16.3 Å². The van der Waals surface area contributed by atoms with Gasteiger partial charge in [-0.15, -0.1) is 12.4 Å². The molecule has 1 heterocycles. The molecule has 5 heteroatoms. The van der Waals surface area contributed by atoms with Crippen molar-refractivity contribution in [2.75, 3.05) is 7.05 Å². The van der Waals surface area contributed by atoms with E-state index < -0.39 is 0 Å². The van der Waals surface area contributed by atoms with Gasteiger partial charge in [0.15, 0.2) is 5.82 Å². The van der Waals surface area contributed by atoms with E-state index in [1.807, 2.05) is 14.0 Å². The van der Waals surface area contributed by atoms with Crippen LogP contribution in [-0.2, 0) is 6.42 Å². The summed E-state index contributed by atoms with van der Waals surface area (Å²) in [7, 11) is 1.91. The molecule has 0 aliphatic carbocycles. The monoisotopic (exact) mass is 303 g/mol. The van der Waals surface area contributed by atoms with E-state index in [0.29, 0.717) is 11.7 Å². The summed E-state index contributed by atoms with van der Waals surface area (Å²) in [4.78, 5) is 4.30. The highest BCUT2D eigenvalue weighted by Gasteiger charge is 2.16. The smallest absolute Gasteiger partial charge is 0.244 e. The Morgan fingerprint density at radius 1 is 1.14 bits per heavy atom. The second-order valence-corrected chi connectivity index (χ2v) is 4.91. The zero-order chi connectivity index (χ0) is 13.9. The number of nitrogens with zero attached hydrogens (tertiary/aromatic N) is 2. The molecule has 1 unspecified atom stereocenters. The minimum absolute atomic E-state index is 0. The molecule has 1 N–H and O–H groups in total. The molecule has 2 aromatic carbocycles. The van der Waals surface area contributed by atoms with Crippen molar-refractivity contribution in [2.24, 2.45) is 0 Å². The van der Waals surface area contributed by atoms with Gasteiger partial charge >= 0.3 is 0 Å². The molecule has 0 amide bonds. The lowest BCUT2D eigenvalue weighted by Crippen LogP contribution is -2.19. The Hall–Kier alpha value is -1.91. The maximum atomic E-state index is 5.25. The van der Waals surface area contributed by atoms with Gasteiger partial charge in [-0.05, 0) is 36.7 Å². The highest BCUT2D eigenvalue weighted by atomic mass is 35.5. The van der Waals surface area contributed by atoms with Gasteiger partial charge in [0.2, 0.25) is 5.89 Å². The van der Waals surface area contributed by atoms with E-state index in [-0.39, 0.29) is 18.4 Å². The van der Waals surface area contributed by atoms with Crippen molar-refractivity contribution in [3.63, 3.8) is 0 Å².